The van der Waals surface area contributed by atoms with Gasteiger partial charge in [-0.25, -0.2) is 4.98 Å². The molecule has 0 radical (unpaired) electrons. The Morgan fingerprint density at radius 2 is 1.86 bits per heavy atom. The Bertz CT molecular complexity index is 1480. The fourth-order valence-corrected chi connectivity index (χ4v) is 4.36. The molecule has 0 amide bonds. The lowest BCUT2D eigenvalue weighted by atomic mass is 9.99. The van der Waals surface area contributed by atoms with E-state index in [1.54, 1.807) is 18.3 Å². The van der Waals surface area contributed by atoms with Crippen molar-refractivity contribution in [2.45, 2.75) is 19.1 Å². The largest absolute Gasteiger partial charge is 0.445 e. The number of carbonyl (C=O) groups is 1. The molecule has 1 fully saturated rings. The van der Waals surface area contributed by atoms with Crippen LogP contribution >= 0.6 is 0 Å². The molecule has 6 nitrogen and oxygen atoms in total. The maximum Gasteiger partial charge on any atom is 0.416 e. The molecule has 1 aliphatic heterocycles. The third kappa shape index (κ3) is 5.77. The maximum absolute atomic E-state index is 13.9. The molecule has 9 heteroatoms. The smallest absolute Gasteiger partial charge is 0.416 e. The summed E-state index contributed by atoms with van der Waals surface area (Å²) in [4.78, 5) is 21.2. The lowest BCUT2D eigenvalue weighted by molar-refractivity contribution is -0.138. The summed E-state index contributed by atoms with van der Waals surface area (Å²) in [5.41, 5.74) is 1.23. The van der Waals surface area contributed by atoms with E-state index in [2.05, 4.69) is 21.7 Å². The van der Waals surface area contributed by atoms with Gasteiger partial charge in [-0.1, -0.05) is 18.2 Å². The van der Waals surface area contributed by atoms with Crippen molar-refractivity contribution in [1.29, 1.82) is 0 Å². The quantitative estimate of drug-likeness (QED) is 0.294. The van der Waals surface area contributed by atoms with Crippen molar-refractivity contribution < 1.29 is 22.4 Å². The minimum absolute atomic E-state index is 0.0533. The van der Waals surface area contributed by atoms with Crippen LogP contribution in [0.1, 0.15) is 38.7 Å². The van der Waals surface area contributed by atoms with Crippen LogP contribution in [0.15, 0.2) is 65.3 Å². The number of likely N-dealkylation sites (N-methyl/N-ethyl adjacent to an activating group) is 1. The first-order valence-corrected chi connectivity index (χ1v) is 11.9. The van der Waals surface area contributed by atoms with Crippen LogP contribution in [0.25, 0.3) is 5.65 Å². The molecule has 0 aliphatic carbocycles. The van der Waals surface area contributed by atoms with Crippen molar-refractivity contribution in [1.82, 2.24) is 19.2 Å². The second-order valence-corrected chi connectivity index (χ2v) is 9.15. The summed E-state index contributed by atoms with van der Waals surface area (Å²) in [5.74, 6) is 5.76. The van der Waals surface area contributed by atoms with Crippen molar-refractivity contribution in [3.63, 3.8) is 0 Å². The van der Waals surface area contributed by atoms with Crippen molar-refractivity contribution in [3.8, 4) is 11.8 Å². The fraction of sp³-hybridized carbons (Fsp3) is 0.286. The maximum atomic E-state index is 13.9. The molecular weight excluding hydrogens is 481 g/mol. The number of hydrogen-bond acceptors (Lipinski definition) is 5. The van der Waals surface area contributed by atoms with Gasteiger partial charge in [-0.3, -0.25) is 14.1 Å². The lowest BCUT2D eigenvalue weighted by Crippen LogP contribution is -2.44. The van der Waals surface area contributed by atoms with Gasteiger partial charge in [-0.05, 0) is 60.3 Å². The van der Waals surface area contributed by atoms with Crippen molar-refractivity contribution in [3.05, 3.63) is 94.8 Å². The molecule has 3 aromatic heterocycles. The van der Waals surface area contributed by atoms with E-state index in [1.807, 2.05) is 40.7 Å². The molecule has 1 aromatic carbocycles. The molecule has 0 spiro atoms. The van der Waals surface area contributed by atoms with E-state index in [1.165, 1.54) is 12.1 Å². The number of pyridine rings is 1. The highest BCUT2D eigenvalue weighted by molar-refractivity contribution is 5.95. The summed E-state index contributed by atoms with van der Waals surface area (Å²) in [5, 5.41) is 0. The average Bonchev–Trinajstić information content (AvgIpc) is 3.52. The molecule has 37 heavy (non-hydrogen) atoms. The molecule has 0 atom stereocenters. The first-order chi connectivity index (χ1) is 17.8. The van der Waals surface area contributed by atoms with Gasteiger partial charge in [-0.2, -0.15) is 13.2 Å². The van der Waals surface area contributed by atoms with Gasteiger partial charge in [0.15, 0.2) is 11.5 Å². The Morgan fingerprint density at radius 1 is 1.05 bits per heavy atom. The number of imidazole rings is 1. The molecule has 4 aromatic rings. The number of alkyl halides is 3. The normalized spacial score (nSPS) is 15.0. The number of Topliss-reactive ketones (excluding diaryl/α,β-unsaturated/α-hetero) is 1. The number of nitrogens with zero attached hydrogens (tertiary/aromatic N) is 4. The predicted molar refractivity (Wildman–Crippen MR) is 132 cm³/mol. The van der Waals surface area contributed by atoms with E-state index in [0.717, 1.165) is 37.9 Å². The number of halogens is 3. The lowest BCUT2D eigenvalue weighted by Gasteiger charge is -2.33. The Hall–Kier alpha value is -3.87. The number of hydrogen-bond donors (Lipinski definition) is 0. The second kappa shape index (κ2) is 10.2. The summed E-state index contributed by atoms with van der Waals surface area (Å²) in [6, 6.07) is 12.8. The number of fused-ring (bicyclic) bond motifs is 1. The van der Waals surface area contributed by atoms with Crippen LogP contribution in [0.2, 0.25) is 0 Å². The van der Waals surface area contributed by atoms with Crippen molar-refractivity contribution >= 4 is 11.4 Å². The minimum Gasteiger partial charge on any atom is -0.445 e. The highest BCUT2D eigenvalue weighted by atomic mass is 19.4. The standard InChI is InChI=1S/C28H25F3N4O2/c1-33-12-14-34(15-13-33)19-21-6-5-20(16-24(21)28(29,30)31)17-25(36)26-10-9-23(37-26)8-7-22-18-32-27-4-2-3-11-35(22)27/h2-6,9-11,16,18H,12-15,17,19H2,1H3. The van der Waals surface area contributed by atoms with Gasteiger partial charge in [0.2, 0.25) is 5.78 Å². The predicted octanol–water partition coefficient (Wildman–Crippen LogP) is 4.52. The van der Waals surface area contributed by atoms with E-state index >= 15 is 0 Å². The number of aromatic nitrogens is 2. The highest BCUT2D eigenvalue weighted by Crippen LogP contribution is 2.34. The van der Waals surface area contributed by atoms with E-state index in [0.29, 0.717) is 5.69 Å². The van der Waals surface area contributed by atoms with E-state index < -0.39 is 17.5 Å². The molecule has 190 valence electrons. The fourth-order valence-electron chi connectivity index (χ4n) is 4.36. The van der Waals surface area contributed by atoms with Crippen LogP contribution in [0.3, 0.4) is 0 Å². The first kappa shape index (κ1) is 24.8. The number of carbonyl (C=O) groups excluding carboxylic acids is 1. The second-order valence-electron chi connectivity index (χ2n) is 9.15. The van der Waals surface area contributed by atoms with Gasteiger partial charge in [-0.15, -0.1) is 0 Å². The monoisotopic (exact) mass is 506 g/mol. The average molecular weight is 507 g/mol. The Balaban J connectivity index is 1.29. The van der Waals surface area contributed by atoms with Gasteiger partial charge in [0.25, 0.3) is 0 Å². The number of rotatable bonds is 5. The number of piperazine rings is 1. The van der Waals surface area contributed by atoms with Crippen LogP contribution in [-0.2, 0) is 19.1 Å². The zero-order valence-electron chi connectivity index (χ0n) is 20.3. The summed E-state index contributed by atoms with van der Waals surface area (Å²) in [7, 11) is 2.00. The molecule has 0 N–H and O–H groups in total. The molecule has 0 saturated carbocycles. The molecule has 1 aliphatic rings. The van der Waals surface area contributed by atoms with Gasteiger partial charge in [0.1, 0.15) is 11.3 Å². The zero-order chi connectivity index (χ0) is 26.0. The van der Waals surface area contributed by atoms with Gasteiger partial charge in [0, 0.05) is 45.3 Å². The van der Waals surface area contributed by atoms with E-state index in [-0.39, 0.29) is 35.6 Å². The van der Waals surface area contributed by atoms with E-state index in [9.17, 15) is 18.0 Å². The molecular formula is C28H25F3N4O2. The summed E-state index contributed by atoms with van der Waals surface area (Å²) >= 11 is 0. The molecule has 0 bridgehead atoms. The first-order valence-electron chi connectivity index (χ1n) is 11.9. The van der Waals surface area contributed by atoms with Crippen molar-refractivity contribution in [2.24, 2.45) is 0 Å². The van der Waals surface area contributed by atoms with Crippen LogP contribution in [-0.4, -0.2) is 58.2 Å². The number of furan rings is 1. The van der Waals surface area contributed by atoms with Crippen LogP contribution in [0.4, 0.5) is 13.2 Å². The van der Waals surface area contributed by atoms with Crippen LogP contribution in [0.5, 0.6) is 0 Å². The molecule has 4 heterocycles. The van der Waals surface area contributed by atoms with Crippen LogP contribution in [0, 0.1) is 11.8 Å². The Labute approximate surface area is 212 Å². The molecule has 1 saturated heterocycles. The van der Waals surface area contributed by atoms with E-state index in [4.69, 9.17) is 4.42 Å². The number of ketones is 1. The van der Waals surface area contributed by atoms with Gasteiger partial charge in [0.05, 0.1) is 11.8 Å². The molecule has 5 rings (SSSR count). The minimum atomic E-state index is -4.51. The number of benzene rings is 1. The zero-order valence-corrected chi connectivity index (χ0v) is 20.3. The molecule has 0 unspecified atom stereocenters. The highest BCUT2D eigenvalue weighted by Gasteiger charge is 2.34. The van der Waals surface area contributed by atoms with Crippen molar-refractivity contribution in [2.75, 3.05) is 33.2 Å². The summed E-state index contributed by atoms with van der Waals surface area (Å²) in [6.07, 6.45) is -1.23. The Kier molecular flexibility index (Phi) is 6.87. The summed E-state index contributed by atoms with van der Waals surface area (Å²) in [6.45, 7) is 3.30. The summed E-state index contributed by atoms with van der Waals surface area (Å²) < 4.78 is 49.0. The van der Waals surface area contributed by atoms with Gasteiger partial charge >= 0.3 is 6.18 Å². The van der Waals surface area contributed by atoms with Gasteiger partial charge < -0.3 is 9.32 Å². The SMILES string of the molecule is CN1CCN(Cc2ccc(CC(=O)c3ccc(C#Cc4cnc5ccccn45)o3)cc2C(F)(F)F)CC1. The van der Waals surface area contributed by atoms with Crippen LogP contribution < -0.4 is 0 Å². The third-order valence-electron chi connectivity index (χ3n) is 6.45. The topological polar surface area (TPSA) is 54.0 Å². The Morgan fingerprint density at radius 3 is 2.65 bits per heavy atom. The third-order valence-corrected chi connectivity index (χ3v) is 6.45.